The Kier molecular flexibility index (Phi) is 9.69. The van der Waals surface area contributed by atoms with Crippen molar-refractivity contribution < 1.29 is 44.4 Å². The molecule has 0 fully saturated rings. The molecular formula is C12H20N4O9. The second kappa shape index (κ2) is 10.9. The Labute approximate surface area is 141 Å². The highest BCUT2D eigenvalue weighted by atomic mass is 16.4. The summed E-state index contributed by atoms with van der Waals surface area (Å²) in [4.78, 5) is 56.4. The number of aliphatic hydroxyl groups excluding tert-OH is 2. The summed E-state index contributed by atoms with van der Waals surface area (Å²) in [5.41, 5.74) is 5.24. The normalized spacial score (nSPS) is 13.9. The topological polar surface area (TPSA) is 228 Å². The van der Waals surface area contributed by atoms with Gasteiger partial charge in [0.25, 0.3) is 0 Å². The summed E-state index contributed by atoms with van der Waals surface area (Å²) in [6, 6.07) is -4.59. The van der Waals surface area contributed by atoms with Gasteiger partial charge in [-0.15, -0.1) is 0 Å². The summed E-state index contributed by atoms with van der Waals surface area (Å²) in [7, 11) is 0. The van der Waals surface area contributed by atoms with Crippen LogP contribution in [-0.2, 0) is 24.0 Å². The average Bonchev–Trinajstić information content (AvgIpc) is 2.55. The molecule has 0 heterocycles. The van der Waals surface area contributed by atoms with Gasteiger partial charge in [0.1, 0.15) is 24.7 Å². The number of nitrogens with one attached hydrogen (secondary N) is 3. The van der Waals surface area contributed by atoms with Crippen LogP contribution in [0.15, 0.2) is 0 Å². The smallest absolute Gasteiger partial charge is 0.322 e. The first kappa shape index (κ1) is 22.2. The van der Waals surface area contributed by atoms with Crippen LogP contribution in [0.5, 0.6) is 0 Å². The van der Waals surface area contributed by atoms with Crippen LogP contribution >= 0.6 is 0 Å². The molecule has 0 aliphatic carbocycles. The Morgan fingerprint density at radius 2 is 1.36 bits per heavy atom. The third kappa shape index (κ3) is 8.59. The second-order valence-corrected chi connectivity index (χ2v) is 4.80. The molecule has 0 bridgehead atoms. The maximum atomic E-state index is 12.0. The first-order chi connectivity index (χ1) is 11.6. The highest BCUT2D eigenvalue weighted by Gasteiger charge is 2.29. The predicted molar refractivity (Wildman–Crippen MR) is 78.9 cm³/mol. The van der Waals surface area contributed by atoms with Gasteiger partial charge in [-0.1, -0.05) is 0 Å². The van der Waals surface area contributed by atoms with E-state index in [0.717, 1.165) is 0 Å². The average molecular weight is 364 g/mol. The van der Waals surface area contributed by atoms with Crippen molar-refractivity contribution in [3.63, 3.8) is 0 Å². The Morgan fingerprint density at radius 3 is 1.80 bits per heavy atom. The van der Waals surface area contributed by atoms with E-state index in [4.69, 9.17) is 26.2 Å². The summed E-state index contributed by atoms with van der Waals surface area (Å²) >= 11 is 0. The van der Waals surface area contributed by atoms with Crippen molar-refractivity contribution in [1.29, 1.82) is 0 Å². The third-order valence-electron chi connectivity index (χ3n) is 2.77. The number of carboxylic acid groups (broad SMARTS) is 2. The van der Waals surface area contributed by atoms with Crippen molar-refractivity contribution in [2.24, 2.45) is 5.73 Å². The maximum Gasteiger partial charge on any atom is 0.322 e. The van der Waals surface area contributed by atoms with Crippen molar-refractivity contribution >= 4 is 29.7 Å². The Hall–Kier alpha value is -2.77. The van der Waals surface area contributed by atoms with Crippen LogP contribution in [0.3, 0.4) is 0 Å². The molecule has 0 saturated carbocycles. The van der Waals surface area contributed by atoms with E-state index in [0.29, 0.717) is 0 Å². The van der Waals surface area contributed by atoms with Gasteiger partial charge in [-0.2, -0.15) is 0 Å². The summed E-state index contributed by atoms with van der Waals surface area (Å²) in [6.07, 6.45) is -0.857. The molecule has 0 aliphatic heterocycles. The standard InChI is InChI=1S/C12H20N4O9/c13-5(3-17)10(23)15-6(1-8(19)20)12(25)16-7(4-18)11(24)14-2-9(21)22/h5-7,17-18H,1-4,13H2,(H,14,24)(H,15,23)(H,16,25)(H,19,20)(H,21,22). The molecule has 0 aromatic heterocycles. The summed E-state index contributed by atoms with van der Waals surface area (Å²) in [6.45, 7) is -2.41. The molecule has 0 saturated heterocycles. The SMILES string of the molecule is NC(CO)C(=O)NC(CC(=O)O)C(=O)NC(CO)C(=O)NCC(=O)O. The molecule has 0 spiro atoms. The van der Waals surface area contributed by atoms with Gasteiger partial charge in [-0.25, -0.2) is 0 Å². The molecule has 0 radical (unpaired) electrons. The van der Waals surface area contributed by atoms with Gasteiger partial charge in [0.15, 0.2) is 0 Å². The number of aliphatic carboxylic acids is 2. The molecule has 3 atom stereocenters. The van der Waals surface area contributed by atoms with Crippen molar-refractivity contribution in [2.45, 2.75) is 24.5 Å². The van der Waals surface area contributed by atoms with Crippen molar-refractivity contribution in [3.8, 4) is 0 Å². The van der Waals surface area contributed by atoms with E-state index >= 15 is 0 Å². The highest BCUT2D eigenvalue weighted by molar-refractivity contribution is 5.95. The van der Waals surface area contributed by atoms with E-state index in [2.05, 4.69) is 0 Å². The monoisotopic (exact) mass is 364 g/mol. The van der Waals surface area contributed by atoms with E-state index in [1.807, 2.05) is 16.0 Å². The third-order valence-corrected chi connectivity index (χ3v) is 2.77. The van der Waals surface area contributed by atoms with Crippen LogP contribution in [-0.4, -0.2) is 88.0 Å². The van der Waals surface area contributed by atoms with Crippen molar-refractivity contribution in [1.82, 2.24) is 16.0 Å². The number of rotatable bonds is 11. The van der Waals surface area contributed by atoms with Gasteiger partial charge in [-0.3, -0.25) is 24.0 Å². The molecule has 0 aromatic rings. The van der Waals surface area contributed by atoms with E-state index in [-0.39, 0.29) is 0 Å². The minimum atomic E-state index is -1.64. The van der Waals surface area contributed by atoms with Crippen LogP contribution in [0.25, 0.3) is 0 Å². The molecule has 142 valence electrons. The molecule has 0 aromatic carbocycles. The Balaban J connectivity index is 4.97. The lowest BCUT2D eigenvalue weighted by molar-refractivity contribution is -0.142. The highest BCUT2D eigenvalue weighted by Crippen LogP contribution is 1.96. The fourth-order valence-corrected chi connectivity index (χ4v) is 1.50. The number of hydrogen-bond acceptors (Lipinski definition) is 8. The molecule has 0 rings (SSSR count). The summed E-state index contributed by atoms with van der Waals surface area (Å²) in [5.74, 6) is -5.95. The minimum absolute atomic E-state index is 0.746. The van der Waals surface area contributed by atoms with Crippen LogP contribution < -0.4 is 21.7 Å². The number of aliphatic hydroxyl groups is 2. The fraction of sp³-hybridized carbons (Fsp3) is 0.583. The lowest BCUT2D eigenvalue weighted by atomic mass is 10.1. The zero-order valence-corrected chi connectivity index (χ0v) is 13.0. The van der Waals surface area contributed by atoms with Crippen LogP contribution in [0.1, 0.15) is 6.42 Å². The number of carboxylic acids is 2. The minimum Gasteiger partial charge on any atom is -0.481 e. The van der Waals surface area contributed by atoms with Gasteiger partial charge >= 0.3 is 11.9 Å². The van der Waals surface area contributed by atoms with Gasteiger partial charge in [0.2, 0.25) is 17.7 Å². The lowest BCUT2D eigenvalue weighted by Crippen LogP contribution is -2.57. The molecule has 13 nitrogen and oxygen atoms in total. The van der Waals surface area contributed by atoms with Crippen LogP contribution in [0, 0.1) is 0 Å². The largest absolute Gasteiger partial charge is 0.481 e. The summed E-state index contributed by atoms with van der Waals surface area (Å²) in [5, 5.41) is 41.0. The molecule has 3 amide bonds. The van der Waals surface area contributed by atoms with Gasteiger partial charge < -0.3 is 42.1 Å². The zero-order valence-electron chi connectivity index (χ0n) is 13.0. The lowest BCUT2D eigenvalue weighted by Gasteiger charge is -2.21. The van der Waals surface area contributed by atoms with E-state index in [1.54, 1.807) is 0 Å². The van der Waals surface area contributed by atoms with Gasteiger partial charge in [0.05, 0.1) is 19.6 Å². The first-order valence-electron chi connectivity index (χ1n) is 6.91. The zero-order chi connectivity index (χ0) is 19.6. The molecule has 3 unspecified atom stereocenters. The number of carbonyl (C=O) groups is 5. The Bertz CT molecular complexity index is 525. The quantitative estimate of drug-likeness (QED) is 0.174. The number of amides is 3. The molecular weight excluding hydrogens is 344 g/mol. The van der Waals surface area contributed by atoms with E-state index in [1.165, 1.54) is 0 Å². The molecule has 0 aliphatic rings. The Morgan fingerprint density at radius 1 is 0.800 bits per heavy atom. The van der Waals surface area contributed by atoms with Crippen LogP contribution in [0.2, 0.25) is 0 Å². The molecule has 9 N–H and O–H groups in total. The molecule has 25 heavy (non-hydrogen) atoms. The van der Waals surface area contributed by atoms with Crippen LogP contribution in [0.4, 0.5) is 0 Å². The van der Waals surface area contributed by atoms with Crippen molar-refractivity contribution in [3.05, 3.63) is 0 Å². The predicted octanol–water partition coefficient (Wildman–Crippen LogP) is -5.06. The first-order valence-corrected chi connectivity index (χ1v) is 6.91. The fourth-order valence-electron chi connectivity index (χ4n) is 1.50. The van der Waals surface area contributed by atoms with Crippen molar-refractivity contribution in [2.75, 3.05) is 19.8 Å². The second-order valence-electron chi connectivity index (χ2n) is 4.80. The number of nitrogens with two attached hydrogens (primary N) is 1. The summed E-state index contributed by atoms with van der Waals surface area (Å²) < 4.78 is 0. The van der Waals surface area contributed by atoms with Gasteiger partial charge in [0, 0.05) is 0 Å². The maximum absolute atomic E-state index is 12.0. The van der Waals surface area contributed by atoms with Gasteiger partial charge in [-0.05, 0) is 0 Å². The number of carbonyl (C=O) groups excluding carboxylic acids is 3. The van der Waals surface area contributed by atoms with E-state index in [9.17, 15) is 24.0 Å². The van der Waals surface area contributed by atoms with E-state index < -0.39 is 74.0 Å². The number of hydrogen-bond donors (Lipinski definition) is 8. The molecule has 13 heteroatoms.